The molecule has 1 N–H and O–H groups in total. The first-order chi connectivity index (χ1) is 9.74. The molecule has 0 aliphatic heterocycles. The van der Waals surface area contributed by atoms with Gasteiger partial charge in [0.2, 0.25) is 0 Å². The van der Waals surface area contributed by atoms with Crippen LogP contribution in [-0.4, -0.2) is 12.1 Å². The summed E-state index contributed by atoms with van der Waals surface area (Å²) in [6.45, 7) is 1.22. The van der Waals surface area contributed by atoms with Crippen molar-refractivity contribution in [3.8, 4) is 11.8 Å². The van der Waals surface area contributed by atoms with E-state index in [9.17, 15) is 0 Å². The number of hydrogen-bond acceptors (Lipinski definition) is 4. The predicted molar refractivity (Wildman–Crippen MR) is 77.5 cm³/mol. The van der Waals surface area contributed by atoms with Crippen LogP contribution in [-0.2, 0) is 13.1 Å². The molecule has 2 rings (SSSR count). The fourth-order valence-corrected chi connectivity index (χ4v) is 2.11. The summed E-state index contributed by atoms with van der Waals surface area (Å²) in [4.78, 5) is 3.94. The highest BCUT2D eigenvalue weighted by Crippen LogP contribution is 2.25. The number of methoxy groups -OCH3 is 1. The van der Waals surface area contributed by atoms with Gasteiger partial charge in [-0.15, -0.1) is 0 Å². The first-order valence-corrected chi connectivity index (χ1v) is 6.49. The number of rotatable bonds is 5. The van der Waals surface area contributed by atoms with Gasteiger partial charge >= 0.3 is 0 Å². The van der Waals surface area contributed by atoms with Gasteiger partial charge in [-0.25, -0.2) is 4.98 Å². The van der Waals surface area contributed by atoms with Gasteiger partial charge < -0.3 is 10.1 Å². The molecule has 0 aliphatic carbocycles. The monoisotopic (exact) mass is 287 g/mol. The Morgan fingerprint density at radius 3 is 2.95 bits per heavy atom. The van der Waals surface area contributed by atoms with Crippen molar-refractivity contribution >= 4 is 11.6 Å². The lowest BCUT2D eigenvalue weighted by Gasteiger charge is -2.11. The summed E-state index contributed by atoms with van der Waals surface area (Å²) in [5.41, 5.74) is 2.34. The summed E-state index contributed by atoms with van der Waals surface area (Å²) < 4.78 is 5.29. The molecule has 0 aliphatic rings. The lowest BCUT2D eigenvalue weighted by Crippen LogP contribution is -2.14. The van der Waals surface area contributed by atoms with E-state index in [1.807, 2.05) is 30.3 Å². The zero-order chi connectivity index (χ0) is 14.4. The SMILES string of the molecule is COc1cccc(Cl)c1CNCc1ccnc(C#N)c1. The molecule has 0 saturated heterocycles. The zero-order valence-electron chi connectivity index (χ0n) is 11.1. The second-order valence-corrected chi connectivity index (χ2v) is 4.59. The summed E-state index contributed by atoms with van der Waals surface area (Å²) in [6, 6.07) is 11.2. The quantitative estimate of drug-likeness (QED) is 0.918. The summed E-state index contributed by atoms with van der Waals surface area (Å²) in [7, 11) is 1.62. The molecule has 4 nitrogen and oxygen atoms in total. The van der Waals surface area contributed by atoms with Crippen LogP contribution >= 0.6 is 11.6 Å². The van der Waals surface area contributed by atoms with Gasteiger partial charge in [0.05, 0.1) is 7.11 Å². The molecule has 0 radical (unpaired) electrons. The van der Waals surface area contributed by atoms with Crippen molar-refractivity contribution < 1.29 is 4.74 Å². The minimum absolute atomic E-state index is 0.416. The van der Waals surface area contributed by atoms with Gasteiger partial charge in [0.1, 0.15) is 17.5 Å². The number of benzene rings is 1. The Hall–Kier alpha value is -2.09. The minimum atomic E-state index is 0.416. The van der Waals surface area contributed by atoms with Crippen LogP contribution in [0, 0.1) is 11.3 Å². The Bertz CT molecular complexity index is 637. The molecular weight excluding hydrogens is 274 g/mol. The van der Waals surface area contributed by atoms with Crippen LogP contribution < -0.4 is 10.1 Å². The van der Waals surface area contributed by atoms with Crippen molar-refractivity contribution in [2.75, 3.05) is 7.11 Å². The average molecular weight is 288 g/mol. The molecule has 0 unspecified atom stereocenters. The predicted octanol–water partition coefficient (Wildman–Crippen LogP) is 2.91. The van der Waals surface area contributed by atoms with Crippen LogP contribution in [0.4, 0.5) is 0 Å². The maximum Gasteiger partial charge on any atom is 0.140 e. The number of hydrogen-bond donors (Lipinski definition) is 1. The van der Waals surface area contributed by atoms with E-state index in [4.69, 9.17) is 21.6 Å². The largest absolute Gasteiger partial charge is 0.496 e. The number of nitrogens with zero attached hydrogens (tertiary/aromatic N) is 2. The van der Waals surface area contributed by atoms with Gasteiger partial charge in [-0.05, 0) is 29.8 Å². The molecule has 0 bridgehead atoms. The van der Waals surface area contributed by atoms with Crippen LogP contribution in [0.1, 0.15) is 16.8 Å². The summed E-state index contributed by atoms with van der Waals surface area (Å²) in [5, 5.41) is 12.8. The van der Waals surface area contributed by atoms with Crippen molar-refractivity contribution in [3.05, 3.63) is 58.4 Å². The summed E-state index contributed by atoms with van der Waals surface area (Å²) in [5.74, 6) is 0.762. The van der Waals surface area contributed by atoms with E-state index in [2.05, 4.69) is 10.3 Å². The van der Waals surface area contributed by atoms with Crippen LogP contribution in [0.3, 0.4) is 0 Å². The smallest absolute Gasteiger partial charge is 0.140 e. The second kappa shape index (κ2) is 6.90. The molecule has 0 fully saturated rings. The Balaban J connectivity index is 2.01. The molecule has 20 heavy (non-hydrogen) atoms. The van der Waals surface area contributed by atoms with Gasteiger partial charge in [-0.2, -0.15) is 5.26 Å². The highest BCUT2D eigenvalue weighted by molar-refractivity contribution is 6.31. The van der Waals surface area contributed by atoms with Gasteiger partial charge in [-0.1, -0.05) is 17.7 Å². The number of nitriles is 1. The van der Waals surface area contributed by atoms with Crippen molar-refractivity contribution in [2.45, 2.75) is 13.1 Å². The van der Waals surface area contributed by atoms with E-state index in [0.29, 0.717) is 23.8 Å². The molecule has 5 heteroatoms. The first-order valence-electron chi connectivity index (χ1n) is 6.11. The van der Waals surface area contributed by atoms with Crippen LogP contribution in [0.15, 0.2) is 36.5 Å². The lowest BCUT2D eigenvalue weighted by atomic mass is 10.2. The molecule has 102 valence electrons. The third kappa shape index (κ3) is 3.47. The molecule has 1 heterocycles. The van der Waals surface area contributed by atoms with E-state index in [1.54, 1.807) is 19.4 Å². The highest BCUT2D eigenvalue weighted by atomic mass is 35.5. The zero-order valence-corrected chi connectivity index (χ0v) is 11.8. The lowest BCUT2D eigenvalue weighted by molar-refractivity contribution is 0.407. The standard InChI is InChI=1S/C15H14ClN3O/c1-20-15-4-2-3-14(16)13(15)10-18-9-11-5-6-19-12(7-11)8-17/h2-7,18H,9-10H2,1H3. The van der Waals surface area contributed by atoms with E-state index in [1.165, 1.54) is 0 Å². The Morgan fingerprint density at radius 2 is 2.20 bits per heavy atom. The summed E-state index contributed by atoms with van der Waals surface area (Å²) >= 11 is 6.16. The molecule has 1 aromatic heterocycles. The number of pyridine rings is 1. The third-order valence-electron chi connectivity index (χ3n) is 2.87. The number of nitrogens with one attached hydrogen (secondary N) is 1. The molecule has 0 spiro atoms. The Morgan fingerprint density at radius 1 is 1.35 bits per heavy atom. The molecule has 0 saturated carbocycles. The van der Waals surface area contributed by atoms with Crippen LogP contribution in [0.25, 0.3) is 0 Å². The highest BCUT2D eigenvalue weighted by Gasteiger charge is 2.07. The Kier molecular flexibility index (Phi) is 4.94. The fourth-order valence-electron chi connectivity index (χ4n) is 1.88. The average Bonchev–Trinajstić information content (AvgIpc) is 2.49. The maximum atomic E-state index is 8.80. The van der Waals surface area contributed by atoms with Gasteiger partial charge in [0, 0.05) is 29.9 Å². The van der Waals surface area contributed by atoms with Crippen molar-refractivity contribution in [3.63, 3.8) is 0 Å². The van der Waals surface area contributed by atoms with Crippen molar-refractivity contribution in [1.29, 1.82) is 5.26 Å². The number of ether oxygens (including phenoxy) is 1. The van der Waals surface area contributed by atoms with E-state index >= 15 is 0 Å². The second-order valence-electron chi connectivity index (χ2n) is 4.19. The molecule has 1 aromatic carbocycles. The first kappa shape index (κ1) is 14.3. The van der Waals surface area contributed by atoms with Gasteiger partial charge in [0.25, 0.3) is 0 Å². The van der Waals surface area contributed by atoms with E-state index in [-0.39, 0.29) is 0 Å². The molecule has 0 atom stereocenters. The van der Waals surface area contributed by atoms with Crippen LogP contribution in [0.5, 0.6) is 5.75 Å². The van der Waals surface area contributed by atoms with Crippen molar-refractivity contribution in [1.82, 2.24) is 10.3 Å². The van der Waals surface area contributed by atoms with Crippen LogP contribution in [0.2, 0.25) is 5.02 Å². The fraction of sp³-hybridized carbons (Fsp3) is 0.200. The normalized spacial score (nSPS) is 10.1. The minimum Gasteiger partial charge on any atom is -0.496 e. The van der Waals surface area contributed by atoms with E-state index in [0.717, 1.165) is 16.9 Å². The van der Waals surface area contributed by atoms with Gasteiger partial charge in [0.15, 0.2) is 0 Å². The van der Waals surface area contributed by atoms with Crippen molar-refractivity contribution in [2.24, 2.45) is 0 Å². The maximum absolute atomic E-state index is 8.80. The summed E-state index contributed by atoms with van der Waals surface area (Å²) in [6.07, 6.45) is 1.63. The van der Waals surface area contributed by atoms with E-state index < -0.39 is 0 Å². The molecule has 0 amide bonds. The van der Waals surface area contributed by atoms with Gasteiger partial charge in [-0.3, -0.25) is 0 Å². The Labute approximate surface area is 123 Å². The molecular formula is C15H14ClN3O. The molecule has 2 aromatic rings. The topological polar surface area (TPSA) is 57.9 Å². The number of halogens is 1. The third-order valence-corrected chi connectivity index (χ3v) is 3.22. The number of aromatic nitrogens is 1.